The van der Waals surface area contributed by atoms with Crippen molar-refractivity contribution < 1.29 is 9.59 Å². The van der Waals surface area contributed by atoms with Crippen LogP contribution in [0.3, 0.4) is 0 Å². The Bertz CT molecular complexity index is 873. The Kier molecular flexibility index (Phi) is 7.33. The van der Waals surface area contributed by atoms with Crippen molar-refractivity contribution in [1.82, 2.24) is 5.32 Å². The minimum Gasteiger partial charge on any atom is -0.371 e. The van der Waals surface area contributed by atoms with Gasteiger partial charge in [0.25, 0.3) is 5.91 Å². The lowest BCUT2D eigenvalue weighted by atomic mass is 10.1. The third-order valence-electron chi connectivity index (χ3n) is 5.50. The Labute approximate surface area is 179 Å². The molecule has 0 radical (unpaired) electrons. The second-order valence-electron chi connectivity index (χ2n) is 8.01. The Morgan fingerprint density at radius 2 is 1.60 bits per heavy atom. The summed E-state index contributed by atoms with van der Waals surface area (Å²) in [4.78, 5) is 27.7. The minimum atomic E-state index is -0.335. The van der Waals surface area contributed by atoms with Crippen molar-refractivity contribution in [3.63, 3.8) is 0 Å². The molecule has 0 aromatic heterocycles. The van der Waals surface area contributed by atoms with Crippen LogP contribution in [0.4, 0.5) is 21.9 Å². The van der Waals surface area contributed by atoms with E-state index in [0.29, 0.717) is 11.3 Å². The second-order valence-corrected chi connectivity index (χ2v) is 8.01. The number of nitrogens with zero attached hydrogens (tertiary/aromatic N) is 1. The van der Waals surface area contributed by atoms with Gasteiger partial charge in [-0.15, -0.1) is 0 Å². The summed E-state index contributed by atoms with van der Waals surface area (Å²) in [6.45, 7) is 7.94. The lowest BCUT2D eigenvalue weighted by Gasteiger charge is -2.31. The fourth-order valence-corrected chi connectivity index (χ4v) is 3.54. The first kappa shape index (κ1) is 21.7. The molecule has 30 heavy (non-hydrogen) atoms. The second kappa shape index (κ2) is 10.1. The summed E-state index contributed by atoms with van der Waals surface area (Å²) in [7, 11) is 0. The standard InChI is InChI=1S/C24H32N4O2/c1-4-18(3)25-23(29)21-16-20(12-13-22(21)28-14-6-5-7-15-28)27-24(30)26-19-10-8-17(2)9-11-19/h8-13,16,18H,4-7,14-15H2,1-3H3,(H,25,29)(H2,26,27,30)/t18-/m0/s1. The molecule has 1 heterocycles. The van der Waals surface area contributed by atoms with Crippen molar-refractivity contribution >= 4 is 29.0 Å². The quantitative estimate of drug-likeness (QED) is 0.618. The van der Waals surface area contributed by atoms with E-state index in [9.17, 15) is 9.59 Å². The largest absolute Gasteiger partial charge is 0.371 e. The van der Waals surface area contributed by atoms with Crippen molar-refractivity contribution in [2.24, 2.45) is 0 Å². The number of anilines is 3. The van der Waals surface area contributed by atoms with E-state index < -0.39 is 0 Å². The van der Waals surface area contributed by atoms with Gasteiger partial charge in [-0.2, -0.15) is 0 Å². The maximum Gasteiger partial charge on any atom is 0.323 e. The van der Waals surface area contributed by atoms with Crippen LogP contribution in [-0.2, 0) is 0 Å². The fourth-order valence-electron chi connectivity index (χ4n) is 3.54. The number of carbonyl (C=O) groups is 2. The zero-order valence-electron chi connectivity index (χ0n) is 18.1. The fraction of sp³-hybridized carbons (Fsp3) is 0.417. The number of rotatable bonds is 6. The first-order valence-electron chi connectivity index (χ1n) is 10.8. The van der Waals surface area contributed by atoms with Crippen LogP contribution in [0.1, 0.15) is 55.5 Å². The number of urea groups is 1. The normalized spacial score (nSPS) is 14.7. The highest BCUT2D eigenvalue weighted by Gasteiger charge is 2.20. The predicted molar refractivity (Wildman–Crippen MR) is 124 cm³/mol. The predicted octanol–water partition coefficient (Wildman–Crippen LogP) is 5.16. The number of aryl methyl sites for hydroxylation is 1. The molecule has 6 nitrogen and oxygen atoms in total. The molecular formula is C24H32N4O2. The molecule has 0 saturated carbocycles. The number of piperidine rings is 1. The highest BCUT2D eigenvalue weighted by molar-refractivity contribution is 6.04. The van der Waals surface area contributed by atoms with Gasteiger partial charge in [0.1, 0.15) is 0 Å². The molecule has 0 bridgehead atoms. The van der Waals surface area contributed by atoms with Crippen LogP contribution in [0.2, 0.25) is 0 Å². The number of nitrogens with one attached hydrogen (secondary N) is 3. The molecule has 6 heteroatoms. The first-order chi connectivity index (χ1) is 14.5. The first-order valence-corrected chi connectivity index (χ1v) is 10.8. The third kappa shape index (κ3) is 5.75. The monoisotopic (exact) mass is 408 g/mol. The Morgan fingerprint density at radius 3 is 2.27 bits per heavy atom. The number of carbonyl (C=O) groups excluding carboxylic acids is 2. The Morgan fingerprint density at radius 1 is 0.967 bits per heavy atom. The molecule has 3 amide bonds. The van der Waals surface area contributed by atoms with Gasteiger partial charge in [-0.25, -0.2) is 4.79 Å². The van der Waals surface area contributed by atoms with Crippen molar-refractivity contribution in [2.45, 2.75) is 52.5 Å². The Hall–Kier alpha value is -3.02. The van der Waals surface area contributed by atoms with Crippen molar-refractivity contribution in [1.29, 1.82) is 0 Å². The molecule has 3 rings (SSSR count). The Balaban J connectivity index is 1.79. The molecule has 3 N–H and O–H groups in total. The average Bonchev–Trinajstić information content (AvgIpc) is 2.75. The van der Waals surface area contributed by atoms with Gasteiger partial charge in [-0.3, -0.25) is 4.79 Å². The smallest absolute Gasteiger partial charge is 0.323 e. The molecule has 2 aromatic carbocycles. The summed E-state index contributed by atoms with van der Waals surface area (Å²) in [6, 6.07) is 12.9. The molecular weight excluding hydrogens is 376 g/mol. The zero-order valence-corrected chi connectivity index (χ0v) is 18.1. The molecule has 1 atom stereocenters. The molecule has 1 aliphatic heterocycles. The average molecular weight is 409 g/mol. The van der Waals surface area contributed by atoms with E-state index in [2.05, 4.69) is 20.9 Å². The molecule has 0 spiro atoms. The van der Waals surface area contributed by atoms with Crippen LogP contribution in [-0.4, -0.2) is 31.1 Å². The van der Waals surface area contributed by atoms with Gasteiger partial charge in [0.05, 0.1) is 5.56 Å². The van der Waals surface area contributed by atoms with Gasteiger partial charge in [-0.05, 0) is 69.9 Å². The minimum absolute atomic E-state index is 0.0909. The SMILES string of the molecule is CC[C@H](C)NC(=O)c1cc(NC(=O)Nc2ccc(C)cc2)ccc1N1CCCCC1. The van der Waals surface area contributed by atoms with Crippen molar-refractivity contribution in [3.05, 3.63) is 53.6 Å². The highest BCUT2D eigenvalue weighted by Crippen LogP contribution is 2.27. The molecule has 160 valence electrons. The summed E-state index contributed by atoms with van der Waals surface area (Å²) >= 11 is 0. The van der Waals surface area contributed by atoms with E-state index in [1.165, 1.54) is 6.42 Å². The van der Waals surface area contributed by atoms with Crippen LogP contribution in [0.25, 0.3) is 0 Å². The number of hydrogen-bond donors (Lipinski definition) is 3. The molecule has 1 fully saturated rings. The van der Waals surface area contributed by atoms with E-state index in [0.717, 1.165) is 49.3 Å². The van der Waals surface area contributed by atoms with Crippen molar-refractivity contribution in [2.75, 3.05) is 28.6 Å². The van der Waals surface area contributed by atoms with Gasteiger partial charge in [-0.1, -0.05) is 24.6 Å². The van der Waals surface area contributed by atoms with Crippen LogP contribution in [0.15, 0.2) is 42.5 Å². The van der Waals surface area contributed by atoms with Crippen LogP contribution < -0.4 is 20.9 Å². The molecule has 0 aliphatic carbocycles. The molecule has 2 aromatic rings. The van der Waals surface area contributed by atoms with E-state index in [1.54, 1.807) is 6.07 Å². The summed E-state index contributed by atoms with van der Waals surface area (Å²) < 4.78 is 0. The highest BCUT2D eigenvalue weighted by atomic mass is 16.2. The van der Waals surface area contributed by atoms with Gasteiger partial charge < -0.3 is 20.9 Å². The summed E-state index contributed by atoms with van der Waals surface area (Å²) in [6.07, 6.45) is 4.35. The lowest BCUT2D eigenvalue weighted by molar-refractivity contribution is 0.0939. The number of benzene rings is 2. The zero-order chi connectivity index (χ0) is 21.5. The van der Waals surface area contributed by atoms with E-state index in [-0.39, 0.29) is 18.0 Å². The van der Waals surface area contributed by atoms with Crippen molar-refractivity contribution in [3.8, 4) is 0 Å². The number of amides is 3. The topological polar surface area (TPSA) is 73.5 Å². The lowest BCUT2D eigenvalue weighted by Crippen LogP contribution is -2.35. The van der Waals surface area contributed by atoms with E-state index in [4.69, 9.17) is 0 Å². The molecule has 1 saturated heterocycles. The van der Waals surface area contributed by atoms with E-state index >= 15 is 0 Å². The van der Waals surface area contributed by atoms with Gasteiger partial charge in [0.15, 0.2) is 0 Å². The maximum atomic E-state index is 13.0. The molecule has 1 aliphatic rings. The van der Waals surface area contributed by atoms with Gasteiger partial charge >= 0.3 is 6.03 Å². The van der Waals surface area contributed by atoms with Crippen LogP contribution in [0, 0.1) is 6.92 Å². The van der Waals surface area contributed by atoms with E-state index in [1.807, 2.05) is 57.2 Å². The van der Waals surface area contributed by atoms with Gasteiger partial charge in [0.2, 0.25) is 0 Å². The number of hydrogen-bond acceptors (Lipinski definition) is 3. The van der Waals surface area contributed by atoms with Gasteiger partial charge in [0, 0.05) is 36.2 Å². The molecule has 0 unspecified atom stereocenters. The van der Waals surface area contributed by atoms with Crippen LogP contribution >= 0.6 is 0 Å². The summed E-state index contributed by atoms with van der Waals surface area (Å²) in [5.41, 5.74) is 3.98. The summed E-state index contributed by atoms with van der Waals surface area (Å²) in [5.74, 6) is -0.104. The summed E-state index contributed by atoms with van der Waals surface area (Å²) in [5, 5.41) is 8.73. The maximum absolute atomic E-state index is 13.0. The third-order valence-corrected chi connectivity index (χ3v) is 5.50. The van der Waals surface area contributed by atoms with Crippen LogP contribution in [0.5, 0.6) is 0 Å².